The average Bonchev–Trinajstić information content (AvgIpc) is 3.40. The maximum Gasteiger partial charge on any atom is 0.162 e. The number of nitrogens with two attached hydrogens (primary N) is 1. The minimum atomic E-state index is -0.692. The Kier molecular flexibility index (Phi) is 19.6. The van der Waals surface area contributed by atoms with Crippen molar-refractivity contribution < 1.29 is 36.5 Å². The standard InChI is InChI=1S/C11H24O4.C9H6F2N2.C6H6F2N2.ClH/c1-5-12-10(13-6-2)9-11(14-7-3)15-8-4;10-7-2-3-9(8(11)6-7)13-5-1-4-12-13;7-4-1-2-6(10-9)5(8)3-4;/h10-11H,5-9H2,1-4H3;1-6H;1-3,10H,9H2;1H. The molecule has 3 N–H and O–H groups in total. The Morgan fingerprint density at radius 2 is 1.28 bits per heavy atom. The van der Waals surface area contributed by atoms with Crippen molar-refractivity contribution in [3.8, 4) is 5.69 Å². The lowest BCUT2D eigenvalue weighted by Crippen LogP contribution is -2.28. The molecule has 0 atom stereocenters. The summed E-state index contributed by atoms with van der Waals surface area (Å²) in [6, 6.07) is 8.15. The molecule has 1 aromatic heterocycles. The Balaban J connectivity index is 0.000000557. The molecule has 0 amide bonds. The van der Waals surface area contributed by atoms with Gasteiger partial charge in [0.25, 0.3) is 0 Å². The van der Waals surface area contributed by atoms with Crippen LogP contribution in [0.15, 0.2) is 54.9 Å². The third kappa shape index (κ3) is 14.3. The van der Waals surface area contributed by atoms with Crippen LogP contribution in [0.5, 0.6) is 0 Å². The Hall–Kier alpha value is -2.74. The molecular formula is C26H37ClF4N4O4. The van der Waals surface area contributed by atoms with E-state index in [0.717, 1.165) is 18.2 Å². The lowest BCUT2D eigenvalue weighted by molar-refractivity contribution is -0.207. The summed E-state index contributed by atoms with van der Waals surface area (Å²) in [6.45, 7) is 10.3. The quantitative estimate of drug-likeness (QED) is 0.117. The molecule has 0 spiro atoms. The lowest BCUT2D eigenvalue weighted by atomic mass is 10.3. The average molecular weight is 581 g/mol. The largest absolute Gasteiger partial charge is 0.353 e. The summed E-state index contributed by atoms with van der Waals surface area (Å²) in [6.07, 6.45) is 3.27. The van der Waals surface area contributed by atoms with Crippen molar-refractivity contribution in [1.82, 2.24) is 9.78 Å². The maximum absolute atomic E-state index is 13.1. The summed E-state index contributed by atoms with van der Waals surface area (Å²) < 4.78 is 73.3. The van der Waals surface area contributed by atoms with Gasteiger partial charge in [0.2, 0.25) is 0 Å². The Bertz CT molecular complexity index is 1010. The van der Waals surface area contributed by atoms with Crippen molar-refractivity contribution in [2.75, 3.05) is 31.9 Å². The summed E-state index contributed by atoms with van der Waals surface area (Å²) in [4.78, 5) is 0. The third-order valence-corrected chi connectivity index (χ3v) is 4.54. The fourth-order valence-electron chi connectivity index (χ4n) is 2.95. The van der Waals surface area contributed by atoms with E-state index in [9.17, 15) is 17.6 Å². The van der Waals surface area contributed by atoms with Gasteiger partial charge in [0.15, 0.2) is 24.2 Å². The van der Waals surface area contributed by atoms with Crippen molar-refractivity contribution in [3.05, 3.63) is 78.1 Å². The van der Waals surface area contributed by atoms with Crippen LogP contribution in [0.3, 0.4) is 0 Å². The number of ether oxygens (including phenoxy) is 4. The second-order valence-electron chi connectivity index (χ2n) is 7.23. The minimum absolute atomic E-state index is 0. The molecule has 0 aliphatic carbocycles. The van der Waals surface area contributed by atoms with Crippen molar-refractivity contribution >= 4 is 18.1 Å². The highest BCUT2D eigenvalue weighted by Gasteiger charge is 2.17. The van der Waals surface area contributed by atoms with Gasteiger partial charge in [-0.1, -0.05) is 0 Å². The Labute approximate surface area is 232 Å². The fourth-order valence-corrected chi connectivity index (χ4v) is 2.95. The third-order valence-electron chi connectivity index (χ3n) is 4.54. The molecule has 0 aliphatic rings. The van der Waals surface area contributed by atoms with Gasteiger partial charge in [-0.3, -0.25) is 5.84 Å². The van der Waals surface area contributed by atoms with Gasteiger partial charge in [0, 0.05) is 57.4 Å². The molecule has 3 aromatic rings. The fraction of sp³-hybridized carbons (Fsp3) is 0.423. The molecule has 8 nitrogen and oxygen atoms in total. The number of nitrogen functional groups attached to an aromatic ring is 1. The van der Waals surface area contributed by atoms with E-state index in [-0.39, 0.29) is 36.4 Å². The number of nitrogens with one attached hydrogen (secondary N) is 1. The molecule has 0 bridgehead atoms. The number of benzene rings is 2. The SMILES string of the molecule is CCOC(CC(OCC)OCC)OCC.Cl.Fc1ccc(-n2cccn2)c(F)c1.NNc1ccc(F)cc1F. The predicted octanol–water partition coefficient (Wildman–Crippen LogP) is 6.00. The van der Waals surface area contributed by atoms with Crippen molar-refractivity contribution in [3.63, 3.8) is 0 Å². The molecule has 1 heterocycles. The molecule has 39 heavy (non-hydrogen) atoms. The summed E-state index contributed by atoms with van der Waals surface area (Å²) in [5.41, 5.74) is 2.41. The maximum atomic E-state index is 13.1. The monoisotopic (exact) mass is 580 g/mol. The minimum Gasteiger partial charge on any atom is -0.353 e. The first kappa shape index (κ1) is 36.3. The van der Waals surface area contributed by atoms with E-state index >= 15 is 0 Å². The molecular weight excluding hydrogens is 544 g/mol. The molecule has 13 heteroatoms. The second kappa shape index (κ2) is 21.1. The van der Waals surface area contributed by atoms with E-state index in [1.807, 2.05) is 27.7 Å². The first-order chi connectivity index (χ1) is 18.3. The van der Waals surface area contributed by atoms with Crippen LogP contribution in [-0.4, -0.2) is 48.8 Å². The van der Waals surface area contributed by atoms with Gasteiger partial charge in [-0.2, -0.15) is 5.10 Å². The smallest absolute Gasteiger partial charge is 0.162 e. The molecule has 0 aliphatic heterocycles. The number of halogens is 5. The van der Waals surface area contributed by atoms with Gasteiger partial charge in [0.1, 0.15) is 17.3 Å². The lowest BCUT2D eigenvalue weighted by Gasteiger charge is -2.23. The molecule has 2 aromatic carbocycles. The predicted molar refractivity (Wildman–Crippen MR) is 144 cm³/mol. The van der Waals surface area contributed by atoms with Crippen molar-refractivity contribution in [2.24, 2.45) is 5.84 Å². The van der Waals surface area contributed by atoms with E-state index in [1.165, 1.54) is 29.1 Å². The molecule has 0 fully saturated rings. The molecule has 0 unspecified atom stereocenters. The van der Waals surface area contributed by atoms with Gasteiger partial charge in [0.05, 0.1) is 5.69 Å². The van der Waals surface area contributed by atoms with Crippen LogP contribution in [0, 0.1) is 23.3 Å². The van der Waals surface area contributed by atoms with Crippen LogP contribution < -0.4 is 11.3 Å². The molecule has 220 valence electrons. The van der Waals surface area contributed by atoms with Crippen molar-refractivity contribution in [1.29, 1.82) is 0 Å². The molecule has 0 radical (unpaired) electrons. The van der Waals surface area contributed by atoms with E-state index < -0.39 is 23.3 Å². The van der Waals surface area contributed by atoms with Gasteiger partial charge in [-0.05, 0) is 58.0 Å². The van der Waals surface area contributed by atoms with E-state index in [0.29, 0.717) is 32.8 Å². The van der Waals surface area contributed by atoms with Gasteiger partial charge in [-0.15, -0.1) is 12.4 Å². The van der Waals surface area contributed by atoms with Crippen LogP contribution in [-0.2, 0) is 18.9 Å². The first-order valence-electron chi connectivity index (χ1n) is 12.1. The van der Waals surface area contributed by atoms with Crippen LogP contribution in [0.25, 0.3) is 5.69 Å². The van der Waals surface area contributed by atoms with Crippen LogP contribution >= 0.6 is 12.4 Å². The highest BCUT2D eigenvalue weighted by atomic mass is 35.5. The van der Waals surface area contributed by atoms with Gasteiger partial charge in [-0.25, -0.2) is 22.2 Å². The van der Waals surface area contributed by atoms with E-state index in [2.05, 4.69) is 10.5 Å². The molecule has 0 saturated heterocycles. The van der Waals surface area contributed by atoms with Gasteiger partial charge >= 0.3 is 0 Å². The highest BCUT2D eigenvalue weighted by molar-refractivity contribution is 5.85. The second-order valence-corrected chi connectivity index (χ2v) is 7.23. The van der Waals surface area contributed by atoms with E-state index in [4.69, 9.17) is 24.8 Å². The number of nitrogens with zero attached hydrogens (tertiary/aromatic N) is 2. The summed E-state index contributed by atoms with van der Waals surface area (Å²) in [5.74, 6) is 2.37. The first-order valence-corrected chi connectivity index (χ1v) is 12.1. The normalized spacial score (nSPS) is 10.3. The van der Waals surface area contributed by atoms with Gasteiger partial charge < -0.3 is 24.4 Å². The number of anilines is 1. The summed E-state index contributed by atoms with van der Waals surface area (Å²) in [5, 5.41) is 3.83. The topological polar surface area (TPSA) is 92.8 Å². The number of hydrazine groups is 1. The zero-order chi connectivity index (χ0) is 28.3. The van der Waals surface area contributed by atoms with Crippen molar-refractivity contribution in [2.45, 2.75) is 46.7 Å². The zero-order valence-electron chi connectivity index (χ0n) is 22.4. The number of hydrogen-bond donors (Lipinski definition) is 2. The van der Waals surface area contributed by atoms with Crippen LogP contribution in [0.2, 0.25) is 0 Å². The zero-order valence-corrected chi connectivity index (χ0v) is 23.2. The Morgan fingerprint density at radius 1 is 0.795 bits per heavy atom. The number of aromatic nitrogens is 2. The summed E-state index contributed by atoms with van der Waals surface area (Å²) in [7, 11) is 0. The van der Waals surface area contributed by atoms with Crippen LogP contribution in [0.1, 0.15) is 34.1 Å². The van der Waals surface area contributed by atoms with E-state index in [1.54, 1.807) is 12.3 Å². The number of rotatable bonds is 12. The summed E-state index contributed by atoms with van der Waals surface area (Å²) >= 11 is 0. The Morgan fingerprint density at radius 3 is 1.67 bits per heavy atom. The molecule has 0 saturated carbocycles. The van der Waals surface area contributed by atoms with Crippen LogP contribution in [0.4, 0.5) is 23.2 Å². The number of hydrogen-bond acceptors (Lipinski definition) is 7. The highest BCUT2D eigenvalue weighted by Crippen LogP contribution is 2.14. The molecule has 3 rings (SSSR count).